The summed E-state index contributed by atoms with van der Waals surface area (Å²) >= 11 is 0. The molecular formula is C21H20F2N2O2. The number of piperidine rings is 1. The summed E-state index contributed by atoms with van der Waals surface area (Å²) in [6.07, 6.45) is 2.04. The summed E-state index contributed by atoms with van der Waals surface area (Å²) in [6, 6.07) is 9.78. The standard InChI is InChI=1S/C21H20F2N2O2/c22-16-9-15-19(10-17(16)23)27-12-21(15)14-3-1-2-4-18(14)25(20(21)26)11-13-5-7-24-8-6-13/h1-4,9-10,13,24H,5-8,11-12H2. The smallest absolute Gasteiger partial charge is 0.245 e. The average Bonchev–Trinajstić information content (AvgIpc) is 3.16. The number of carbonyl (C=O) groups excluding carboxylic acids is 1. The number of amides is 1. The molecule has 0 radical (unpaired) electrons. The highest BCUT2D eigenvalue weighted by Crippen LogP contribution is 2.52. The lowest BCUT2D eigenvalue weighted by Crippen LogP contribution is -2.45. The van der Waals surface area contributed by atoms with Gasteiger partial charge in [-0.2, -0.15) is 0 Å². The van der Waals surface area contributed by atoms with Crippen LogP contribution in [0, 0.1) is 17.6 Å². The number of hydrogen-bond acceptors (Lipinski definition) is 3. The molecule has 3 aliphatic rings. The predicted octanol–water partition coefficient (Wildman–Crippen LogP) is 2.99. The largest absolute Gasteiger partial charge is 0.491 e. The molecule has 3 aliphatic heterocycles. The Bertz CT molecular complexity index is 926. The quantitative estimate of drug-likeness (QED) is 0.884. The molecule has 3 heterocycles. The molecule has 1 amide bonds. The third-order valence-corrected chi connectivity index (χ3v) is 6.09. The normalized spacial score (nSPS) is 24.2. The number of hydrogen-bond donors (Lipinski definition) is 1. The molecule has 2 aromatic rings. The topological polar surface area (TPSA) is 41.6 Å². The highest BCUT2D eigenvalue weighted by Gasteiger charge is 2.57. The van der Waals surface area contributed by atoms with Crippen LogP contribution in [0.1, 0.15) is 24.0 Å². The molecule has 140 valence electrons. The van der Waals surface area contributed by atoms with E-state index < -0.39 is 17.0 Å². The summed E-state index contributed by atoms with van der Waals surface area (Å²) in [5, 5.41) is 3.34. The lowest BCUT2D eigenvalue weighted by atomic mass is 9.77. The van der Waals surface area contributed by atoms with Gasteiger partial charge in [-0.25, -0.2) is 8.78 Å². The molecule has 0 aromatic heterocycles. The van der Waals surface area contributed by atoms with Gasteiger partial charge < -0.3 is 15.0 Å². The molecule has 1 N–H and O–H groups in total. The Morgan fingerprint density at radius 2 is 1.85 bits per heavy atom. The van der Waals surface area contributed by atoms with Crippen molar-refractivity contribution in [3.05, 3.63) is 59.2 Å². The molecule has 1 spiro atoms. The van der Waals surface area contributed by atoms with Crippen LogP contribution in [0.5, 0.6) is 5.75 Å². The number of nitrogens with one attached hydrogen (secondary N) is 1. The van der Waals surface area contributed by atoms with Crippen molar-refractivity contribution in [3.8, 4) is 5.75 Å². The Balaban J connectivity index is 1.61. The van der Waals surface area contributed by atoms with Crippen LogP contribution in [0.15, 0.2) is 36.4 Å². The van der Waals surface area contributed by atoms with Gasteiger partial charge in [-0.05, 0) is 49.5 Å². The Morgan fingerprint density at radius 3 is 2.67 bits per heavy atom. The van der Waals surface area contributed by atoms with Crippen LogP contribution in [0.3, 0.4) is 0 Å². The molecular weight excluding hydrogens is 350 g/mol. The van der Waals surface area contributed by atoms with Gasteiger partial charge in [-0.1, -0.05) is 18.2 Å². The van der Waals surface area contributed by atoms with Crippen molar-refractivity contribution in [3.63, 3.8) is 0 Å². The molecule has 0 aliphatic carbocycles. The number of para-hydroxylation sites is 1. The molecule has 27 heavy (non-hydrogen) atoms. The van der Waals surface area contributed by atoms with E-state index in [1.54, 1.807) is 0 Å². The van der Waals surface area contributed by atoms with E-state index in [-0.39, 0.29) is 18.3 Å². The van der Waals surface area contributed by atoms with Crippen LogP contribution in [-0.2, 0) is 10.2 Å². The molecule has 0 bridgehead atoms. The van der Waals surface area contributed by atoms with Crippen molar-refractivity contribution < 1.29 is 18.3 Å². The minimum Gasteiger partial charge on any atom is -0.491 e. The van der Waals surface area contributed by atoms with E-state index >= 15 is 0 Å². The molecule has 1 unspecified atom stereocenters. The van der Waals surface area contributed by atoms with E-state index in [2.05, 4.69) is 5.32 Å². The molecule has 4 nitrogen and oxygen atoms in total. The van der Waals surface area contributed by atoms with Crippen LogP contribution in [0.2, 0.25) is 0 Å². The number of nitrogens with zero attached hydrogens (tertiary/aromatic N) is 1. The lowest BCUT2D eigenvalue weighted by molar-refractivity contribution is -0.122. The monoisotopic (exact) mass is 370 g/mol. The summed E-state index contributed by atoms with van der Waals surface area (Å²) < 4.78 is 33.4. The number of halogens is 2. The van der Waals surface area contributed by atoms with E-state index in [9.17, 15) is 13.6 Å². The second kappa shape index (κ2) is 6.02. The predicted molar refractivity (Wildman–Crippen MR) is 97.0 cm³/mol. The summed E-state index contributed by atoms with van der Waals surface area (Å²) in [7, 11) is 0. The van der Waals surface area contributed by atoms with Gasteiger partial charge in [0.2, 0.25) is 5.91 Å². The van der Waals surface area contributed by atoms with Crippen molar-refractivity contribution in [2.75, 3.05) is 31.1 Å². The zero-order valence-electron chi connectivity index (χ0n) is 14.8. The second-order valence-electron chi connectivity index (χ2n) is 7.58. The molecule has 5 rings (SSSR count). The van der Waals surface area contributed by atoms with Gasteiger partial charge in [-0.3, -0.25) is 4.79 Å². The maximum absolute atomic E-state index is 14.0. The first kappa shape index (κ1) is 16.7. The first-order chi connectivity index (χ1) is 13.1. The maximum Gasteiger partial charge on any atom is 0.245 e. The fourth-order valence-electron chi connectivity index (χ4n) is 4.67. The van der Waals surface area contributed by atoms with Crippen molar-refractivity contribution in [2.45, 2.75) is 18.3 Å². The van der Waals surface area contributed by atoms with Crippen molar-refractivity contribution >= 4 is 11.6 Å². The van der Waals surface area contributed by atoms with Crippen LogP contribution < -0.4 is 15.0 Å². The molecule has 2 aromatic carbocycles. The number of ether oxygens (including phenoxy) is 1. The van der Waals surface area contributed by atoms with E-state index in [1.165, 1.54) is 0 Å². The fraction of sp³-hybridized carbons (Fsp3) is 0.381. The highest BCUT2D eigenvalue weighted by molar-refractivity contribution is 6.11. The molecule has 1 fully saturated rings. The Morgan fingerprint density at radius 1 is 1.11 bits per heavy atom. The number of anilines is 1. The first-order valence-corrected chi connectivity index (χ1v) is 9.36. The van der Waals surface area contributed by atoms with Crippen LogP contribution >= 0.6 is 0 Å². The Hall–Kier alpha value is -2.47. The van der Waals surface area contributed by atoms with Crippen molar-refractivity contribution in [1.82, 2.24) is 5.32 Å². The number of fused-ring (bicyclic) bond motifs is 4. The zero-order chi connectivity index (χ0) is 18.6. The minimum atomic E-state index is -1.09. The van der Waals surface area contributed by atoms with Gasteiger partial charge in [0.15, 0.2) is 11.6 Å². The van der Waals surface area contributed by atoms with Gasteiger partial charge in [0.25, 0.3) is 0 Å². The fourth-order valence-corrected chi connectivity index (χ4v) is 4.67. The van der Waals surface area contributed by atoms with Crippen LogP contribution in [0.25, 0.3) is 0 Å². The lowest BCUT2D eigenvalue weighted by Gasteiger charge is -2.29. The van der Waals surface area contributed by atoms with E-state index in [4.69, 9.17) is 4.74 Å². The number of rotatable bonds is 2. The second-order valence-corrected chi connectivity index (χ2v) is 7.58. The summed E-state index contributed by atoms with van der Waals surface area (Å²) in [5.41, 5.74) is 0.996. The Kier molecular flexibility index (Phi) is 3.72. The van der Waals surface area contributed by atoms with Gasteiger partial charge in [-0.15, -0.1) is 0 Å². The van der Waals surface area contributed by atoms with Crippen LogP contribution in [-0.4, -0.2) is 32.1 Å². The maximum atomic E-state index is 14.0. The number of benzene rings is 2. The minimum absolute atomic E-state index is 0.0732. The third-order valence-electron chi connectivity index (χ3n) is 6.09. The van der Waals surface area contributed by atoms with E-state index in [1.807, 2.05) is 29.2 Å². The zero-order valence-corrected chi connectivity index (χ0v) is 14.8. The van der Waals surface area contributed by atoms with Crippen molar-refractivity contribution in [1.29, 1.82) is 0 Å². The molecule has 1 saturated heterocycles. The molecule has 0 saturated carbocycles. The first-order valence-electron chi connectivity index (χ1n) is 9.36. The third kappa shape index (κ3) is 2.32. The van der Waals surface area contributed by atoms with E-state index in [0.717, 1.165) is 49.3 Å². The highest BCUT2D eigenvalue weighted by atomic mass is 19.2. The Labute approximate surface area is 156 Å². The van der Waals surface area contributed by atoms with Crippen molar-refractivity contribution in [2.24, 2.45) is 5.92 Å². The van der Waals surface area contributed by atoms with Gasteiger partial charge >= 0.3 is 0 Å². The van der Waals surface area contributed by atoms with E-state index in [0.29, 0.717) is 18.0 Å². The molecule has 6 heteroatoms. The van der Waals surface area contributed by atoms with Crippen LogP contribution in [0.4, 0.5) is 14.5 Å². The average molecular weight is 370 g/mol. The summed E-state index contributed by atoms with van der Waals surface area (Å²) in [5.74, 6) is -1.35. The SMILES string of the molecule is O=C1N(CC2CCNCC2)c2ccccc2C12COc1cc(F)c(F)cc12. The summed E-state index contributed by atoms with van der Waals surface area (Å²) in [6.45, 7) is 2.62. The van der Waals surface area contributed by atoms with Gasteiger partial charge in [0.05, 0.1) is 0 Å². The summed E-state index contributed by atoms with van der Waals surface area (Å²) in [4.78, 5) is 15.5. The van der Waals surface area contributed by atoms with Gasteiger partial charge in [0, 0.05) is 23.9 Å². The van der Waals surface area contributed by atoms with Gasteiger partial charge in [0.1, 0.15) is 17.8 Å². The molecule has 1 atom stereocenters. The number of carbonyl (C=O) groups is 1.